The van der Waals surface area contributed by atoms with E-state index in [1.165, 1.54) is 17.2 Å². The lowest BCUT2D eigenvalue weighted by molar-refractivity contribution is -0.155. The third-order valence-electron chi connectivity index (χ3n) is 4.96. The van der Waals surface area contributed by atoms with Crippen LogP contribution in [-0.2, 0) is 19.2 Å². The lowest BCUT2D eigenvalue weighted by Gasteiger charge is -2.20. The number of nitrogens with zero attached hydrogens (tertiary/aromatic N) is 4. The normalized spacial score (nSPS) is 21.8. The fraction of sp³-hybridized carbons (Fsp3) is 0.316. The number of carbonyl (C=O) groups is 2. The zero-order valence-corrected chi connectivity index (χ0v) is 16.3. The minimum Gasteiger partial charge on any atom is -0.479 e. The minimum atomic E-state index is -1.15. The van der Waals surface area contributed by atoms with E-state index in [-0.39, 0.29) is 18.7 Å². The second-order valence-electron chi connectivity index (χ2n) is 7.08. The van der Waals surface area contributed by atoms with E-state index in [4.69, 9.17) is 21.0 Å². The van der Waals surface area contributed by atoms with E-state index < -0.39 is 36.4 Å². The van der Waals surface area contributed by atoms with Gasteiger partial charge in [0.2, 0.25) is 5.91 Å². The number of hydroxylamine groups is 1. The quantitative estimate of drug-likeness (QED) is 0.382. The lowest BCUT2D eigenvalue weighted by atomic mass is 10.1. The zero-order chi connectivity index (χ0) is 22.0. The van der Waals surface area contributed by atoms with E-state index in [2.05, 4.69) is 20.4 Å². The predicted molar refractivity (Wildman–Crippen MR) is 107 cm³/mol. The van der Waals surface area contributed by atoms with Crippen LogP contribution in [0, 0.1) is 0 Å². The molecule has 12 heteroatoms. The highest BCUT2D eigenvalue weighted by Crippen LogP contribution is 2.33. The standard InChI is InChI=1S/C19H21N7O5/c20-11(10-4-2-1-3-5-10)6-14(27)25-31-12-7-13(19(28)29)30-18(12)26-9-24-15-16(21)22-8-23-17(15)26/h1-5,8-9,11-13,18H,6-7,20H2,(H,25,27)(H,28,29)(H2,21,22,23)/t11?,12-,13+,18-/m1/s1. The summed E-state index contributed by atoms with van der Waals surface area (Å²) in [6.07, 6.45) is -0.172. The van der Waals surface area contributed by atoms with Crippen LogP contribution in [0.4, 0.5) is 5.82 Å². The summed E-state index contributed by atoms with van der Waals surface area (Å²) in [5.74, 6) is -1.42. The van der Waals surface area contributed by atoms with Crippen molar-refractivity contribution in [3.63, 3.8) is 0 Å². The monoisotopic (exact) mass is 427 g/mol. The molecule has 1 fully saturated rings. The van der Waals surface area contributed by atoms with Crippen molar-refractivity contribution in [2.45, 2.75) is 37.3 Å². The number of carboxylic acid groups (broad SMARTS) is 1. The van der Waals surface area contributed by atoms with Gasteiger partial charge in [-0.2, -0.15) is 0 Å². The Bertz CT molecular complexity index is 1090. The van der Waals surface area contributed by atoms with Crippen molar-refractivity contribution < 1.29 is 24.3 Å². The molecule has 0 aliphatic carbocycles. The molecule has 1 saturated heterocycles. The van der Waals surface area contributed by atoms with E-state index >= 15 is 0 Å². The van der Waals surface area contributed by atoms with Crippen LogP contribution in [0.2, 0.25) is 0 Å². The topological polar surface area (TPSA) is 181 Å². The molecule has 2 aromatic heterocycles. The molecule has 1 aliphatic heterocycles. The van der Waals surface area contributed by atoms with Crippen LogP contribution in [-0.4, -0.2) is 48.7 Å². The van der Waals surface area contributed by atoms with Gasteiger partial charge in [0, 0.05) is 18.9 Å². The van der Waals surface area contributed by atoms with Gasteiger partial charge < -0.3 is 21.3 Å². The maximum atomic E-state index is 12.3. The minimum absolute atomic E-state index is 0.00522. The second-order valence-corrected chi connectivity index (χ2v) is 7.08. The number of aliphatic carboxylic acids is 1. The summed E-state index contributed by atoms with van der Waals surface area (Å²) in [7, 11) is 0. The molecule has 0 radical (unpaired) electrons. The van der Waals surface area contributed by atoms with Crippen molar-refractivity contribution in [1.82, 2.24) is 25.0 Å². The van der Waals surface area contributed by atoms with Gasteiger partial charge in [0.25, 0.3) is 0 Å². The van der Waals surface area contributed by atoms with Crippen molar-refractivity contribution in [3.8, 4) is 0 Å². The van der Waals surface area contributed by atoms with Gasteiger partial charge in [-0.1, -0.05) is 30.3 Å². The largest absolute Gasteiger partial charge is 0.479 e. The molecular formula is C19H21N7O5. The zero-order valence-electron chi connectivity index (χ0n) is 16.3. The first-order valence-electron chi connectivity index (χ1n) is 9.50. The Morgan fingerprint density at radius 1 is 1.29 bits per heavy atom. The highest BCUT2D eigenvalue weighted by molar-refractivity contribution is 5.81. The van der Waals surface area contributed by atoms with Crippen molar-refractivity contribution in [2.75, 3.05) is 5.73 Å². The maximum Gasteiger partial charge on any atom is 0.333 e. The number of rotatable bonds is 7. The smallest absolute Gasteiger partial charge is 0.333 e. The first-order chi connectivity index (χ1) is 14.9. The molecule has 1 aromatic carbocycles. The van der Waals surface area contributed by atoms with Gasteiger partial charge in [0.15, 0.2) is 23.8 Å². The summed E-state index contributed by atoms with van der Waals surface area (Å²) in [4.78, 5) is 41.5. The first kappa shape index (κ1) is 20.7. The van der Waals surface area contributed by atoms with E-state index in [0.29, 0.717) is 11.2 Å². The molecule has 0 bridgehead atoms. The predicted octanol–water partition coefficient (Wildman–Crippen LogP) is 0.287. The van der Waals surface area contributed by atoms with Crippen LogP contribution in [0.25, 0.3) is 11.2 Å². The SMILES string of the molecule is Nc1ncnc2c1ncn2[C@@H]1O[C@H](C(=O)O)C[C@H]1ONC(=O)CC(N)c1ccccc1. The molecule has 31 heavy (non-hydrogen) atoms. The molecule has 1 unspecified atom stereocenters. The number of carboxylic acids is 1. The van der Waals surface area contributed by atoms with Crippen LogP contribution in [0.5, 0.6) is 0 Å². The number of amides is 1. The van der Waals surface area contributed by atoms with Crippen LogP contribution in [0.15, 0.2) is 43.0 Å². The number of hydrogen-bond donors (Lipinski definition) is 4. The summed E-state index contributed by atoms with van der Waals surface area (Å²) < 4.78 is 7.13. The van der Waals surface area contributed by atoms with Crippen molar-refractivity contribution in [1.29, 1.82) is 0 Å². The highest BCUT2D eigenvalue weighted by atomic mass is 16.7. The molecule has 3 heterocycles. The van der Waals surface area contributed by atoms with Gasteiger partial charge in [-0.3, -0.25) is 14.2 Å². The number of fused-ring (bicyclic) bond motifs is 1. The molecule has 0 saturated carbocycles. The Morgan fingerprint density at radius 3 is 2.81 bits per heavy atom. The molecule has 12 nitrogen and oxygen atoms in total. The van der Waals surface area contributed by atoms with E-state index in [1.54, 1.807) is 0 Å². The number of nitrogens with two attached hydrogens (primary N) is 2. The average molecular weight is 427 g/mol. The lowest BCUT2D eigenvalue weighted by Crippen LogP contribution is -2.34. The molecule has 162 valence electrons. The molecule has 1 amide bonds. The van der Waals surface area contributed by atoms with Crippen LogP contribution in [0.1, 0.15) is 30.7 Å². The van der Waals surface area contributed by atoms with Gasteiger partial charge in [-0.15, -0.1) is 0 Å². The number of aromatic nitrogens is 4. The Morgan fingerprint density at radius 2 is 2.06 bits per heavy atom. The van der Waals surface area contributed by atoms with Crippen molar-refractivity contribution in [3.05, 3.63) is 48.5 Å². The Balaban J connectivity index is 1.47. The summed E-state index contributed by atoms with van der Waals surface area (Å²) in [5, 5.41) is 9.37. The molecular weight excluding hydrogens is 406 g/mol. The Kier molecular flexibility index (Phi) is 5.75. The summed E-state index contributed by atoms with van der Waals surface area (Å²) in [6.45, 7) is 0. The molecule has 0 spiro atoms. The van der Waals surface area contributed by atoms with Crippen LogP contribution in [0.3, 0.4) is 0 Å². The number of imidazole rings is 1. The fourth-order valence-electron chi connectivity index (χ4n) is 3.41. The molecule has 1 aliphatic rings. The summed E-state index contributed by atoms with van der Waals surface area (Å²) >= 11 is 0. The highest BCUT2D eigenvalue weighted by Gasteiger charge is 2.42. The third kappa shape index (κ3) is 4.30. The van der Waals surface area contributed by atoms with Gasteiger partial charge in [0.05, 0.1) is 6.33 Å². The average Bonchev–Trinajstić information content (AvgIpc) is 3.38. The number of carbonyl (C=O) groups excluding carboxylic acids is 1. The van der Waals surface area contributed by atoms with Gasteiger partial charge in [-0.25, -0.2) is 25.2 Å². The number of benzene rings is 1. The maximum absolute atomic E-state index is 12.3. The number of ether oxygens (including phenoxy) is 1. The van der Waals surface area contributed by atoms with E-state index in [9.17, 15) is 14.7 Å². The van der Waals surface area contributed by atoms with Crippen molar-refractivity contribution >= 4 is 28.9 Å². The third-order valence-corrected chi connectivity index (χ3v) is 4.96. The summed E-state index contributed by atoms with van der Waals surface area (Å²) in [6, 6.07) is 8.67. The van der Waals surface area contributed by atoms with Gasteiger partial charge >= 0.3 is 5.97 Å². The molecule has 3 aromatic rings. The molecule has 4 atom stereocenters. The summed E-state index contributed by atoms with van der Waals surface area (Å²) in [5.41, 5.74) is 15.7. The Labute approximate surface area is 176 Å². The van der Waals surface area contributed by atoms with Crippen LogP contribution < -0.4 is 16.9 Å². The number of nitrogens with one attached hydrogen (secondary N) is 1. The second kappa shape index (κ2) is 8.63. The molecule has 6 N–H and O–H groups in total. The van der Waals surface area contributed by atoms with E-state index in [1.807, 2.05) is 30.3 Å². The fourth-order valence-corrected chi connectivity index (χ4v) is 3.41. The number of hydrogen-bond acceptors (Lipinski definition) is 9. The number of anilines is 1. The van der Waals surface area contributed by atoms with Gasteiger partial charge in [-0.05, 0) is 5.56 Å². The van der Waals surface area contributed by atoms with Crippen molar-refractivity contribution in [2.24, 2.45) is 5.73 Å². The van der Waals surface area contributed by atoms with E-state index in [0.717, 1.165) is 5.56 Å². The molecule has 4 rings (SSSR count). The van der Waals surface area contributed by atoms with Crippen LogP contribution >= 0.6 is 0 Å². The first-order valence-corrected chi connectivity index (χ1v) is 9.50. The number of nitrogen functional groups attached to an aromatic ring is 1. The Hall–Kier alpha value is -3.61. The van der Waals surface area contributed by atoms with Gasteiger partial charge in [0.1, 0.15) is 17.9 Å².